The predicted molar refractivity (Wildman–Crippen MR) is 188 cm³/mol. The third kappa shape index (κ3) is 8.30. The maximum absolute atomic E-state index is 14.4. The van der Waals surface area contributed by atoms with Gasteiger partial charge in [-0.3, -0.25) is 18.7 Å². The van der Waals surface area contributed by atoms with Gasteiger partial charge in [0.1, 0.15) is 29.6 Å². The van der Waals surface area contributed by atoms with Crippen molar-refractivity contribution < 1.29 is 52.4 Å². The van der Waals surface area contributed by atoms with E-state index in [-0.39, 0.29) is 46.7 Å². The first-order valence-corrected chi connectivity index (χ1v) is 18.0. The van der Waals surface area contributed by atoms with Crippen molar-refractivity contribution in [3.8, 4) is 11.6 Å². The van der Waals surface area contributed by atoms with E-state index in [1.54, 1.807) is 37.3 Å². The van der Waals surface area contributed by atoms with Crippen molar-refractivity contribution in [2.75, 3.05) is 33.2 Å². The number of methoxy groups -OCH3 is 2. The smallest absolute Gasteiger partial charge is 0.459 e. The van der Waals surface area contributed by atoms with Crippen LogP contribution in [0.3, 0.4) is 0 Å². The summed E-state index contributed by atoms with van der Waals surface area (Å²) in [5.74, 6) is -1.45. The summed E-state index contributed by atoms with van der Waals surface area (Å²) in [6.45, 7) is 9.78. The largest absolute Gasteiger partial charge is 0.479 e. The lowest BCUT2D eigenvalue weighted by Gasteiger charge is -2.27. The van der Waals surface area contributed by atoms with Gasteiger partial charge in [-0.2, -0.15) is 15.1 Å². The van der Waals surface area contributed by atoms with Gasteiger partial charge in [-0.15, -0.1) is 0 Å². The molecule has 0 aliphatic carbocycles. The third-order valence-corrected chi connectivity index (χ3v) is 10.1. The summed E-state index contributed by atoms with van der Waals surface area (Å²) in [4.78, 5) is 37.5. The Morgan fingerprint density at radius 2 is 1.81 bits per heavy atom. The number of anilines is 1. The van der Waals surface area contributed by atoms with E-state index < -0.39 is 56.3 Å². The number of esters is 2. The molecular formula is C34H45N6O11P. The van der Waals surface area contributed by atoms with Crippen LogP contribution in [0, 0.1) is 5.41 Å². The number of carbonyl (C=O) groups is 2. The number of ether oxygens (including phenoxy) is 4. The molecule has 1 aliphatic rings. The summed E-state index contributed by atoms with van der Waals surface area (Å²) in [5.41, 5.74) is 4.76. The second-order valence-corrected chi connectivity index (χ2v) is 15.7. The van der Waals surface area contributed by atoms with Crippen LogP contribution in [-0.2, 0) is 32.9 Å². The molecule has 3 heterocycles. The lowest BCUT2D eigenvalue weighted by atomic mass is 9.96. The van der Waals surface area contributed by atoms with E-state index in [4.69, 9.17) is 33.7 Å². The average molecular weight is 745 g/mol. The number of imidazole rings is 1. The second-order valence-electron chi connectivity index (χ2n) is 14.0. The zero-order valence-electron chi connectivity index (χ0n) is 30.2. The average Bonchev–Trinajstić information content (AvgIpc) is 3.60. The minimum absolute atomic E-state index is 0.100. The quantitative estimate of drug-likeness (QED) is 0.113. The molecule has 282 valence electrons. The van der Waals surface area contributed by atoms with Crippen LogP contribution in [0.15, 0.2) is 42.7 Å². The number of nitrogens with zero attached hydrogens (tertiary/aromatic N) is 4. The van der Waals surface area contributed by atoms with Gasteiger partial charge in [0, 0.05) is 0 Å². The van der Waals surface area contributed by atoms with Crippen molar-refractivity contribution in [2.24, 2.45) is 5.41 Å². The SMILES string of the molecule is COC(=O)C(C)c1ccc2cc(OP(=O)(N[C@@H](C)C(=O)OCC(C)(C)C)OC[C@H]3OC(n4cnc5c(OC)nc(N)nc54)[C@](C)(O)[C@@H]3O)ccc2c1. The Labute approximate surface area is 300 Å². The number of aliphatic hydroxyl groups excluding tert-OH is 1. The van der Waals surface area contributed by atoms with Gasteiger partial charge < -0.3 is 39.4 Å². The number of aliphatic hydroxyl groups is 2. The monoisotopic (exact) mass is 744 g/mol. The molecule has 3 unspecified atom stereocenters. The number of rotatable bonds is 13. The summed E-state index contributed by atoms with van der Waals surface area (Å²) in [5, 5.41) is 26.8. The summed E-state index contributed by atoms with van der Waals surface area (Å²) in [6.07, 6.45) is -2.75. The topological polar surface area (TPSA) is 229 Å². The standard InChI is InChI=1S/C34H45N6O11P/c1-18(29(42)47-8)20-9-10-22-14-23(12-11-21(22)13-20)51-52(45,39-19(2)30(43)48-16-33(3,4)5)49-15-24-26(41)34(6,44)31(50-24)40-17-36-25-27(40)37-32(35)38-28(25)46-7/h9-14,17-19,24,26,31,41,44H,15-16H2,1-8H3,(H,39,45)(H2,35,37,38)/t18?,19-,24+,26+,31?,34+,52?/m0/s1. The number of aromatic nitrogens is 4. The van der Waals surface area contributed by atoms with Gasteiger partial charge in [0.25, 0.3) is 0 Å². The molecule has 0 radical (unpaired) electrons. The Morgan fingerprint density at radius 1 is 1.12 bits per heavy atom. The van der Waals surface area contributed by atoms with Crippen molar-refractivity contribution in [3.05, 3.63) is 48.3 Å². The normalized spacial score (nSPS) is 22.8. The van der Waals surface area contributed by atoms with Crippen LogP contribution in [0.25, 0.3) is 21.9 Å². The van der Waals surface area contributed by atoms with Crippen molar-refractivity contribution in [3.63, 3.8) is 0 Å². The predicted octanol–water partition coefficient (Wildman–Crippen LogP) is 3.63. The van der Waals surface area contributed by atoms with Crippen LogP contribution in [0.2, 0.25) is 0 Å². The molecule has 2 aromatic carbocycles. The molecule has 0 amide bonds. The number of carbonyl (C=O) groups excluding carboxylic acids is 2. The first-order valence-electron chi connectivity index (χ1n) is 16.5. The van der Waals surface area contributed by atoms with Crippen molar-refractivity contribution in [1.29, 1.82) is 0 Å². The van der Waals surface area contributed by atoms with E-state index in [0.717, 1.165) is 10.9 Å². The number of nitrogen functional groups attached to an aromatic ring is 1. The van der Waals surface area contributed by atoms with E-state index in [1.807, 2.05) is 26.8 Å². The number of fused-ring (bicyclic) bond motifs is 2. The Morgan fingerprint density at radius 3 is 2.48 bits per heavy atom. The van der Waals surface area contributed by atoms with Gasteiger partial charge in [-0.25, -0.2) is 9.55 Å². The molecule has 17 nitrogen and oxygen atoms in total. The fraction of sp³-hybridized carbons (Fsp3) is 0.500. The molecule has 0 saturated carbocycles. The van der Waals surface area contributed by atoms with Crippen LogP contribution in [0.1, 0.15) is 59.3 Å². The molecule has 7 atom stereocenters. The van der Waals surface area contributed by atoms with Crippen LogP contribution in [0.5, 0.6) is 11.6 Å². The van der Waals surface area contributed by atoms with Gasteiger partial charge in [0.05, 0.1) is 39.7 Å². The number of hydrogen-bond acceptors (Lipinski definition) is 15. The number of nitrogens with one attached hydrogen (secondary N) is 1. The fourth-order valence-electron chi connectivity index (χ4n) is 5.58. The number of nitrogens with two attached hydrogens (primary N) is 1. The molecule has 18 heteroatoms. The highest BCUT2D eigenvalue weighted by Gasteiger charge is 2.54. The molecule has 1 fully saturated rings. The van der Waals surface area contributed by atoms with Crippen LogP contribution < -0.4 is 20.1 Å². The molecule has 5 N–H and O–H groups in total. The molecule has 0 bridgehead atoms. The van der Waals surface area contributed by atoms with Gasteiger partial charge in [-0.1, -0.05) is 45.0 Å². The third-order valence-electron chi connectivity index (χ3n) is 8.48. The highest BCUT2D eigenvalue weighted by Crippen LogP contribution is 2.48. The van der Waals surface area contributed by atoms with Crippen molar-refractivity contribution in [1.82, 2.24) is 24.6 Å². The summed E-state index contributed by atoms with van der Waals surface area (Å²) >= 11 is 0. The van der Waals surface area contributed by atoms with Crippen LogP contribution in [0.4, 0.5) is 5.95 Å². The van der Waals surface area contributed by atoms with E-state index in [2.05, 4.69) is 20.0 Å². The minimum Gasteiger partial charge on any atom is -0.479 e. The highest BCUT2D eigenvalue weighted by atomic mass is 31.2. The zero-order valence-corrected chi connectivity index (χ0v) is 31.1. The lowest BCUT2D eigenvalue weighted by molar-refractivity contribution is -0.148. The molecule has 5 rings (SSSR count). The van der Waals surface area contributed by atoms with Crippen molar-refractivity contribution >= 4 is 47.6 Å². The fourth-order valence-corrected chi connectivity index (χ4v) is 7.08. The first kappa shape index (κ1) is 38.8. The maximum Gasteiger partial charge on any atom is 0.459 e. The Kier molecular flexibility index (Phi) is 11.2. The van der Waals surface area contributed by atoms with Gasteiger partial charge in [-0.05, 0) is 54.7 Å². The number of benzene rings is 2. The zero-order chi connectivity index (χ0) is 38.2. The summed E-state index contributed by atoms with van der Waals surface area (Å²) < 4.78 is 49.2. The minimum atomic E-state index is -4.45. The number of hydrogen-bond donors (Lipinski definition) is 4. The van der Waals surface area contributed by atoms with Gasteiger partial charge in [0.15, 0.2) is 17.4 Å². The van der Waals surface area contributed by atoms with Gasteiger partial charge >= 0.3 is 19.7 Å². The Bertz CT molecular complexity index is 2000. The lowest BCUT2D eigenvalue weighted by Crippen LogP contribution is -2.44. The molecule has 4 aromatic rings. The van der Waals surface area contributed by atoms with E-state index in [0.29, 0.717) is 5.39 Å². The molecule has 0 spiro atoms. The second kappa shape index (κ2) is 14.9. The summed E-state index contributed by atoms with van der Waals surface area (Å²) in [6, 6.07) is 9.13. The van der Waals surface area contributed by atoms with Crippen molar-refractivity contribution in [2.45, 2.75) is 77.5 Å². The Balaban J connectivity index is 1.40. The Hall–Kier alpha value is -4.38. The molecule has 52 heavy (non-hydrogen) atoms. The summed E-state index contributed by atoms with van der Waals surface area (Å²) in [7, 11) is -1.73. The van der Waals surface area contributed by atoms with Crippen LogP contribution >= 0.6 is 7.75 Å². The molecule has 1 aliphatic heterocycles. The molecule has 2 aromatic heterocycles. The highest BCUT2D eigenvalue weighted by molar-refractivity contribution is 7.52. The van der Waals surface area contributed by atoms with E-state index in [9.17, 15) is 24.4 Å². The molecular weight excluding hydrogens is 699 g/mol. The van der Waals surface area contributed by atoms with Crippen LogP contribution in [-0.4, -0.2) is 93.0 Å². The van der Waals surface area contributed by atoms with Gasteiger partial charge in [0.2, 0.25) is 11.8 Å². The van der Waals surface area contributed by atoms with E-state index >= 15 is 0 Å². The maximum atomic E-state index is 14.4. The first-order chi connectivity index (χ1) is 24.4. The molecule has 1 saturated heterocycles. The van der Waals surface area contributed by atoms with E-state index in [1.165, 1.54) is 39.0 Å².